The summed E-state index contributed by atoms with van der Waals surface area (Å²) in [4.78, 5) is 7.04. The van der Waals surface area contributed by atoms with Gasteiger partial charge in [0.05, 0.1) is 11.4 Å². The first-order chi connectivity index (χ1) is 9.90. The van der Waals surface area contributed by atoms with Crippen molar-refractivity contribution in [2.45, 2.75) is 43.4 Å². The molecular formula is C16H21FN2S2. The van der Waals surface area contributed by atoms with E-state index in [0.29, 0.717) is 0 Å². The summed E-state index contributed by atoms with van der Waals surface area (Å²) >= 11 is 3.37. The number of halogens is 1. The Hall–Kier alpha value is -0.910. The number of thiazole rings is 1. The van der Waals surface area contributed by atoms with E-state index in [9.17, 15) is 4.39 Å². The van der Waals surface area contributed by atoms with Crippen LogP contribution < -0.4 is 5.32 Å². The van der Waals surface area contributed by atoms with E-state index in [1.54, 1.807) is 35.2 Å². The highest BCUT2D eigenvalue weighted by molar-refractivity contribution is 7.98. The first kappa shape index (κ1) is 16.5. The number of hydrogen-bond donors (Lipinski definition) is 1. The minimum Gasteiger partial charge on any atom is -0.315 e. The van der Waals surface area contributed by atoms with Crippen LogP contribution in [0.3, 0.4) is 0 Å². The van der Waals surface area contributed by atoms with Crippen molar-refractivity contribution < 1.29 is 4.39 Å². The fraction of sp³-hybridized carbons (Fsp3) is 0.438. The van der Waals surface area contributed by atoms with Gasteiger partial charge in [-0.2, -0.15) is 0 Å². The van der Waals surface area contributed by atoms with Crippen molar-refractivity contribution in [1.29, 1.82) is 0 Å². The van der Waals surface area contributed by atoms with Crippen molar-refractivity contribution in [1.82, 2.24) is 10.3 Å². The molecule has 0 fully saturated rings. The van der Waals surface area contributed by atoms with E-state index in [1.807, 2.05) is 13.1 Å². The third-order valence-electron chi connectivity index (χ3n) is 2.95. The minimum atomic E-state index is -0.189. The van der Waals surface area contributed by atoms with Crippen LogP contribution in [-0.4, -0.2) is 12.0 Å². The average Bonchev–Trinajstić information content (AvgIpc) is 2.80. The lowest BCUT2D eigenvalue weighted by Gasteiger charge is -2.17. The number of thioether (sulfide) groups is 1. The van der Waals surface area contributed by atoms with Gasteiger partial charge in [-0.25, -0.2) is 9.37 Å². The summed E-state index contributed by atoms with van der Waals surface area (Å²) in [5.74, 6) is 0.589. The highest BCUT2D eigenvalue weighted by Gasteiger charge is 2.22. The second-order valence-corrected chi connectivity index (χ2v) is 8.12. The Labute approximate surface area is 134 Å². The monoisotopic (exact) mass is 324 g/mol. The molecule has 0 spiro atoms. The van der Waals surface area contributed by atoms with Crippen molar-refractivity contribution in [3.8, 4) is 0 Å². The Morgan fingerprint density at radius 2 is 2.10 bits per heavy atom. The Morgan fingerprint density at radius 1 is 1.33 bits per heavy atom. The van der Waals surface area contributed by atoms with Crippen LogP contribution in [0, 0.1) is 5.82 Å². The van der Waals surface area contributed by atoms with Gasteiger partial charge in [-0.15, -0.1) is 23.1 Å². The van der Waals surface area contributed by atoms with E-state index in [0.717, 1.165) is 27.9 Å². The van der Waals surface area contributed by atoms with Crippen molar-refractivity contribution in [2.75, 3.05) is 7.05 Å². The second-order valence-electron chi connectivity index (χ2n) is 5.91. The zero-order chi connectivity index (χ0) is 15.5. The molecule has 5 heteroatoms. The van der Waals surface area contributed by atoms with Gasteiger partial charge in [-0.3, -0.25) is 0 Å². The third-order valence-corrected chi connectivity index (χ3v) is 5.19. The predicted molar refractivity (Wildman–Crippen MR) is 89.5 cm³/mol. The minimum absolute atomic E-state index is 0.0461. The molecule has 0 aliphatic rings. The van der Waals surface area contributed by atoms with Gasteiger partial charge in [-0.1, -0.05) is 26.8 Å². The van der Waals surface area contributed by atoms with E-state index < -0.39 is 0 Å². The fourth-order valence-electron chi connectivity index (χ4n) is 2.03. The molecule has 0 atom stereocenters. The highest BCUT2D eigenvalue weighted by Crippen LogP contribution is 2.32. The van der Waals surface area contributed by atoms with Gasteiger partial charge in [0.2, 0.25) is 0 Å². The Kier molecular flexibility index (Phi) is 5.41. The number of hydrogen-bond acceptors (Lipinski definition) is 4. The standard InChI is InChI=1S/C16H21FN2S2/c1-16(2,3)15-13(9-18-4)21-14(19-15)10-20-12-7-5-6-11(17)8-12/h5-8,18H,9-10H2,1-4H3. The molecular weight excluding hydrogens is 303 g/mol. The lowest BCUT2D eigenvalue weighted by atomic mass is 9.91. The van der Waals surface area contributed by atoms with Crippen LogP contribution >= 0.6 is 23.1 Å². The van der Waals surface area contributed by atoms with E-state index in [-0.39, 0.29) is 11.2 Å². The van der Waals surface area contributed by atoms with E-state index >= 15 is 0 Å². The van der Waals surface area contributed by atoms with Crippen molar-refractivity contribution in [2.24, 2.45) is 0 Å². The smallest absolute Gasteiger partial charge is 0.124 e. The molecule has 1 heterocycles. The average molecular weight is 324 g/mol. The number of nitrogens with one attached hydrogen (secondary N) is 1. The second kappa shape index (κ2) is 6.90. The summed E-state index contributed by atoms with van der Waals surface area (Å²) in [7, 11) is 1.95. The quantitative estimate of drug-likeness (QED) is 0.814. The maximum atomic E-state index is 13.2. The fourth-order valence-corrected chi connectivity index (χ4v) is 4.25. The Balaban J connectivity index is 2.13. The SMILES string of the molecule is CNCc1sc(CSc2cccc(F)c2)nc1C(C)(C)C. The van der Waals surface area contributed by atoms with Gasteiger partial charge in [0.25, 0.3) is 0 Å². The van der Waals surface area contributed by atoms with Crippen LogP contribution in [0.4, 0.5) is 4.39 Å². The maximum Gasteiger partial charge on any atom is 0.124 e. The van der Waals surface area contributed by atoms with Gasteiger partial charge < -0.3 is 5.32 Å². The molecule has 0 radical (unpaired) electrons. The number of aromatic nitrogens is 1. The summed E-state index contributed by atoms with van der Waals surface area (Å²) in [6.07, 6.45) is 0. The zero-order valence-corrected chi connectivity index (χ0v) is 14.5. The number of nitrogens with zero attached hydrogens (tertiary/aromatic N) is 1. The first-order valence-electron chi connectivity index (χ1n) is 6.92. The van der Waals surface area contributed by atoms with E-state index in [4.69, 9.17) is 4.98 Å². The van der Waals surface area contributed by atoms with Crippen LogP contribution in [0.1, 0.15) is 36.3 Å². The van der Waals surface area contributed by atoms with Gasteiger partial charge in [0.1, 0.15) is 10.8 Å². The normalized spacial score (nSPS) is 11.9. The lowest BCUT2D eigenvalue weighted by molar-refractivity contribution is 0.562. The maximum absolute atomic E-state index is 13.2. The summed E-state index contributed by atoms with van der Waals surface area (Å²) in [6.45, 7) is 7.40. The number of rotatable bonds is 5. The van der Waals surface area contributed by atoms with Crippen LogP contribution in [-0.2, 0) is 17.7 Å². The van der Waals surface area contributed by atoms with Gasteiger partial charge >= 0.3 is 0 Å². The Bertz CT molecular complexity index is 603. The highest BCUT2D eigenvalue weighted by atomic mass is 32.2. The van der Waals surface area contributed by atoms with E-state index in [1.165, 1.54) is 10.9 Å². The van der Waals surface area contributed by atoms with Crippen LogP contribution in [0.25, 0.3) is 0 Å². The van der Waals surface area contributed by atoms with Gasteiger partial charge in [0.15, 0.2) is 0 Å². The molecule has 1 aromatic heterocycles. The third kappa shape index (κ3) is 4.53. The van der Waals surface area contributed by atoms with Crippen LogP contribution in [0.2, 0.25) is 0 Å². The molecule has 0 aliphatic heterocycles. The molecule has 1 aromatic carbocycles. The van der Waals surface area contributed by atoms with Gasteiger partial charge in [-0.05, 0) is 25.2 Å². The van der Waals surface area contributed by atoms with Gasteiger partial charge in [0, 0.05) is 21.7 Å². The molecule has 21 heavy (non-hydrogen) atoms. The van der Waals surface area contributed by atoms with E-state index in [2.05, 4.69) is 26.1 Å². The molecule has 0 amide bonds. The molecule has 2 nitrogen and oxygen atoms in total. The summed E-state index contributed by atoms with van der Waals surface area (Å²) in [5.41, 5.74) is 1.21. The molecule has 0 saturated heterocycles. The number of benzene rings is 1. The lowest BCUT2D eigenvalue weighted by Crippen LogP contribution is -2.16. The molecule has 0 saturated carbocycles. The molecule has 0 unspecified atom stereocenters. The van der Waals surface area contributed by atoms with Crippen molar-refractivity contribution in [3.63, 3.8) is 0 Å². The molecule has 0 bridgehead atoms. The molecule has 0 aliphatic carbocycles. The molecule has 2 aromatic rings. The summed E-state index contributed by atoms with van der Waals surface area (Å²) in [5, 5.41) is 4.30. The molecule has 2 rings (SSSR count). The topological polar surface area (TPSA) is 24.9 Å². The van der Waals surface area contributed by atoms with Crippen molar-refractivity contribution >= 4 is 23.1 Å². The Morgan fingerprint density at radius 3 is 2.71 bits per heavy atom. The molecule has 114 valence electrons. The summed E-state index contributed by atoms with van der Waals surface area (Å²) in [6, 6.07) is 6.71. The van der Waals surface area contributed by atoms with Crippen LogP contribution in [0.15, 0.2) is 29.2 Å². The first-order valence-corrected chi connectivity index (χ1v) is 8.72. The zero-order valence-electron chi connectivity index (χ0n) is 12.9. The van der Waals surface area contributed by atoms with Crippen molar-refractivity contribution in [3.05, 3.63) is 45.7 Å². The predicted octanol–water partition coefficient (Wildman–Crippen LogP) is 4.59. The molecule has 1 N–H and O–H groups in total. The largest absolute Gasteiger partial charge is 0.315 e. The summed E-state index contributed by atoms with van der Waals surface area (Å²) < 4.78 is 13.2. The van der Waals surface area contributed by atoms with Crippen LogP contribution in [0.5, 0.6) is 0 Å².